The van der Waals surface area contributed by atoms with Gasteiger partial charge in [0.15, 0.2) is 0 Å². The third-order valence-electron chi connectivity index (χ3n) is 2.64. The molecule has 98 valence electrons. The summed E-state index contributed by atoms with van der Waals surface area (Å²) in [6.45, 7) is 1.86. The van der Waals surface area contributed by atoms with E-state index in [-0.39, 0.29) is 16.7 Å². The predicted octanol–water partition coefficient (Wildman–Crippen LogP) is 4.37. The molecule has 0 heterocycles. The van der Waals surface area contributed by atoms with Crippen molar-refractivity contribution in [2.24, 2.45) is 0 Å². The van der Waals surface area contributed by atoms with Gasteiger partial charge in [0.25, 0.3) is 5.91 Å². The molecular weight excluding hydrogens is 330 g/mol. The number of carbonyl (C=O) groups excluding carboxylic acids is 1. The summed E-state index contributed by atoms with van der Waals surface area (Å²) < 4.78 is 0.922. The monoisotopic (exact) mass is 339 g/mol. The van der Waals surface area contributed by atoms with Crippen molar-refractivity contribution in [2.45, 2.75) is 6.92 Å². The fraction of sp³-hybridized carbons (Fsp3) is 0.0714. The van der Waals surface area contributed by atoms with Crippen LogP contribution in [0.5, 0.6) is 5.75 Å². The van der Waals surface area contributed by atoms with Crippen LogP contribution in [0.3, 0.4) is 0 Å². The highest BCUT2D eigenvalue weighted by Gasteiger charge is 2.10. The van der Waals surface area contributed by atoms with Gasteiger partial charge < -0.3 is 10.4 Å². The Morgan fingerprint density at radius 2 is 2.00 bits per heavy atom. The number of phenols is 1. The van der Waals surface area contributed by atoms with Gasteiger partial charge in [0.2, 0.25) is 0 Å². The Labute approximate surface area is 124 Å². The highest BCUT2D eigenvalue weighted by atomic mass is 79.9. The topological polar surface area (TPSA) is 49.3 Å². The molecule has 5 heteroatoms. The van der Waals surface area contributed by atoms with Gasteiger partial charge in [-0.3, -0.25) is 4.79 Å². The number of carbonyl (C=O) groups is 1. The van der Waals surface area contributed by atoms with Crippen LogP contribution in [0.15, 0.2) is 40.9 Å². The van der Waals surface area contributed by atoms with Gasteiger partial charge in [-0.15, -0.1) is 0 Å². The number of amides is 1. The van der Waals surface area contributed by atoms with Crippen LogP contribution in [0.4, 0.5) is 5.69 Å². The molecule has 0 aliphatic rings. The van der Waals surface area contributed by atoms with Crippen molar-refractivity contribution in [2.75, 3.05) is 5.32 Å². The van der Waals surface area contributed by atoms with Crippen LogP contribution < -0.4 is 5.32 Å². The molecule has 0 saturated heterocycles. The van der Waals surface area contributed by atoms with Crippen LogP contribution >= 0.6 is 27.5 Å². The van der Waals surface area contributed by atoms with Gasteiger partial charge in [-0.2, -0.15) is 0 Å². The molecule has 0 aliphatic carbocycles. The summed E-state index contributed by atoms with van der Waals surface area (Å²) >= 11 is 9.06. The second-order valence-electron chi connectivity index (χ2n) is 4.08. The zero-order chi connectivity index (χ0) is 14.0. The van der Waals surface area contributed by atoms with E-state index in [1.165, 1.54) is 12.1 Å². The zero-order valence-corrected chi connectivity index (χ0v) is 12.4. The highest BCUT2D eigenvalue weighted by molar-refractivity contribution is 9.10. The first-order valence-electron chi connectivity index (χ1n) is 5.53. The molecular formula is C14H11BrClNO2. The third kappa shape index (κ3) is 3.28. The molecule has 0 unspecified atom stereocenters. The molecule has 0 aliphatic heterocycles. The third-order valence-corrected chi connectivity index (χ3v) is 3.45. The van der Waals surface area contributed by atoms with Crippen molar-refractivity contribution < 1.29 is 9.90 Å². The van der Waals surface area contributed by atoms with Crippen molar-refractivity contribution in [3.63, 3.8) is 0 Å². The molecule has 0 fully saturated rings. The number of rotatable bonds is 2. The van der Waals surface area contributed by atoms with Crippen molar-refractivity contribution in [3.8, 4) is 5.75 Å². The quantitative estimate of drug-likeness (QED) is 0.853. The molecule has 0 aromatic heterocycles. The molecule has 0 bridgehead atoms. The van der Waals surface area contributed by atoms with Crippen molar-refractivity contribution in [1.82, 2.24) is 0 Å². The van der Waals surface area contributed by atoms with E-state index in [1.807, 2.05) is 13.0 Å². The van der Waals surface area contributed by atoms with E-state index in [9.17, 15) is 9.90 Å². The Hall–Kier alpha value is -1.52. The van der Waals surface area contributed by atoms with Crippen molar-refractivity contribution >= 4 is 39.1 Å². The van der Waals surface area contributed by atoms with Gasteiger partial charge in [-0.25, -0.2) is 0 Å². The van der Waals surface area contributed by atoms with E-state index in [4.69, 9.17) is 11.6 Å². The normalized spacial score (nSPS) is 10.3. The number of anilines is 1. The standard InChI is InChI=1S/C14H11BrClNO2/c1-8-6-9(15)2-4-11(8)14(19)17-10-3-5-12(16)13(18)7-10/h2-7,18H,1H3,(H,17,19). The Morgan fingerprint density at radius 3 is 2.63 bits per heavy atom. The molecule has 3 nitrogen and oxygen atoms in total. The van der Waals surface area contributed by atoms with Gasteiger partial charge in [-0.05, 0) is 42.8 Å². The molecule has 1 amide bonds. The van der Waals surface area contributed by atoms with E-state index in [1.54, 1.807) is 18.2 Å². The molecule has 2 aromatic carbocycles. The number of phenolic OH excluding ortho intramolecular Hbond substituents is 1. The fourth-order valence-electron chi connectivity index (χ4n) is 1.67. The Bertz CT molecular complexity index is 643. The SMILES string of the molecule is Cc1cc(Br)ccc1C(=O)Nc1ccc(Cl)c(O)c1. The van der Waals surface area contributed by atoms with Gasteiger partial charge >= 0.3 is 0 Å². The van der Waals surface area contributed by atoms with Gasteiger partial charge in [0.05, 0.1) is 5.02 Å². The minimum Gasteiger partial charge on any atom is -0.506 e. The number of aromatic hydroxyl groups is 1. The van der Waals surface area contributed by atoms with Crippen LogP contribution in [0.1, 0.15) is 15.9 Å². The Morgan fingerprint density at radius 1 is 1.26 bits per heavy atom. The summed E-state index contributed by atoms with van der Waals surface area (Å²) in [6.07, 6.45) is 0. The van der Waals surface area contributed by atoms with Crippen LogP contribution in [-0.4, -0.2) is 11.0 Å². The molecule has 19 heavy (non-hydrogen) atoms. The van der Waals surface area contributed by atoms with Crippen molar-refractivity contribution in [3.05, 3.63) is 57.0 Å². The molecule has 0 saturated carbocycles. The minimum absolute atomic E-state index is 0.0630. The lowest BCUT2D eigenvalue weighted by Gasteiger charge is -2.08. The number of benzene rings is 2. The largest absolute Gasteiger partial charge is 0.506 e. The van der Waals surface area contributed by atoms with Crippen LogP contribution in [0.25, 0.3) is 0 Å². The second kappa shape index (κ2) is 5.63. The zero-order valence-electron chi connectivity index (χ0n) is 10.1. The smallest absolute Gasteiger partial charge is 0.255 e. The Balaban J connectivity index is 2.23. The highest BCUT2D eigenvalue weighted by Crippen LogP contribution is 2.26. The maximum atomic E-state index is 12.1. The number of hydrogen-bond acceptors (Lipinski definition) is 2. The van der Waals surface area contributed by atoms with Crippen LogP contribution in [0.2, 0.25) is 5.02 Å². The number of hydrogen-bond donors (Lipinski definition) is 2. The first kappa shape index (κ1) is 13.9. The lowest BCUT2D eigenvalue weighted by atomic mass is 10.1. The number of halogens is 2. The number of nitrogens with one attached hydrogen (secondary N) is 1. The molecule has 2 N–H and O–H groups in total. The number of aryl methyl sites for hydroxylation is 1. The van der Waals surface area contributed by atoms with E-state index in [0.717, 1.165) is 10.0 Å². The van der Waals surface area contributed by atoms with Gasteiger partial charge in [-0.1, -0.05) is 27.5 Å². The lowest BCUT2D eigenvalue weighted by molar-refractivity contribution is 0.102. The second-order valence-corrected chi connectivity index (χ2v) is 5.40. The van der Waals surface area contributed by atoms with E-state index < -0.39 is 0 Å². The van der Waals surface area contributed by atoms with Gasteiger partial charge in [0, 0.05) is 21.8 Å². The average Bonchev–Trinajstić information content (AvgIpc) is 2.33. The van der Waals surface area contributed by atoms with E-state index in [0.29, 0.717) is 11.3 Å². The first-order valence-corrected chi connectivity index (χ1v) is 6.70. The summed E-state index contributed by atoms with van der Waals surface area (Å²) in [5.74, 6) is -0.293. The molecule has 0 atom stereocenters. The summed E-state index contributed by atoms with van der Waals surface area (Å²) in [7, 11) is 0. The average molecular weight is 341 g/mol. The van der Waals surface area contributed by atoms with Crippen LogP contribution in [0, 0.1) is 6.92 Å². The minimum atomic E-state index is -0.230. The van der Waals surface area contributed by atoms with Crippen molar-refractivity contribution in [1.29, 1.82) is 0 Å². The lowest BCUT2D eigenvalue weighted by Crippen LogP contribution is -2.13. The maximum Gasteiger partial charge on any atom is 0.255 e. The van der Waals surface area contributed by atoms with E-state index in [2.05, 4.69) is 21.2 Å². The summed E-state index contributed by atoms with van der Waals surface area (Å²) in [5, 5.41) is 12.4. The van der Waals surface area contributed by atoms with Gasteiger partial charge in [0.1, 0.15) is 5.75 Å². The summed E-state index contributed by atoms with van der Waals surface area (Å²) in [4.78, 5) is 12.1. The summed E-state index contributed by atoms with van der Waals surface area (Å²) in [6, 6.07) is 9.99. The van der Waals surface area contributed by atoms with E-state index >= 15 is 0 Å². The fourth-order valence-corrected chi connectivity index (χ4v) is 2.26. The predicted molar refractivity (Wildman–Crippen MR) is 79.9 cm³/mol. The first-order chi connectivity index (χ1) is 8.97. The maximum absolute atomic E-state index is 12.1. The summed E-state index contributed by atoms with van der Waals surface area (Å²) in [5.41, 5.74) is 1.94. The molecule has 0 radical (unpaired) electrons. The molecule has 0 spiro atoms. The Kier molecular flexibility index (Phi) is 4.12. The molecule has 2 rings (SSSR count). The molecule has 2 aromatic rings. The van der Waals surface area contributed by atoms with Crippen LogP contribution in [-0.2, 0) is 0 Å².